The Morgan fingerprint density at radius 3 is 2.52 bits per heavy atom. The Labute approximate surface area is 147 Å². The van der Waals surface area contributed by atoms with Gasteiger partial charge in [0.25, 0.3) is 5.91 Å². The van der Waals surface area contributed by atoms with E-state index in [1.807, 2.05) is 0 Å². The molecule has 3 amide bonds. The second kappa shape index (κ2) is 6.09. The van der Waals surface area contributed by atoms with Crippen molar-refractivity contribution in [3.05, 3.63) is 35.6 Å². The highest BCUT2D eigenvalue weighted by Crippen LogP contribution is 2.46. The fraction of sp³-hybridized carbons (Fsp3) is 0.579. The highest BCUT2D eigenvalue weighted by atomic mass is 19.1. The molecule has 2 N–H and O–H groups in total. The smallest absolute Gasteiger partial charge is 0.325 e. The molecule has 136 valence electrons. The summed E-state index contributed by atoms with van der Waals surface area (Å²) in [6, 6.07) is 4.95. The Bertz CT molecular complexity index is 688. The van der Waals surface area contributed by atoms with Crippen molar-refractivity contribution in [3.63, 3.8) is 0 Å². The first-order valence-corrected chi connectivity index (χ1v) is 8.70. The van der Waals surface area contributed by atoms with E-state index in [9.17, 15) is 19.1 Å². The van der Waals surface area contributed by atoms with Crippen LogP contribution in [0.4, 0.5) is 9.18 Å². The Morgan fingerprint density at radius 1 is 1.28 bits per heavy atom. The zero-order chi connectivity index (χ0) is 18.4. The third-order valence-corrected chi connectivity index (χ3v) is 5.23. The van der Waals surface area contributed by atoms with Crippen LogP contribution in [0.3, 0.4) is 0 Å². The van der Waals surface area contributed by atoms with E-state index in [-0.39, 0.29) is 17.9 Å². The number of β-amino-alcohol motifs (C(OH)–C–C–N with tert-alkyl or cyclic N) is 1. The number of nitrogens with zero attached hydrogens (tertiary/aromatic N) is 1. The number of imide groups is 1. The predicted octanol–water partition coefficient (Wildman–Crippen LogP) is 3.00. The molecule has 6 heteroatoms. The number of benzene rings is 1. The number of amides is 3. The Hall–Kier alpha value is -1.95. The molecular weight excluding hydrogens is 323 g/mol. The molecule has 1 aromatic carbocycles. The van der Waals surface area contributed by atoms with Gasteiger partial charge < -0.3 is 10.4 Å². The molecule has 3 atom stereocenters. The summed E-state index contributed by atoms with van der Waals surface area (Å²) in [4.78, 5) is 26.5. The molecule has 0 radical (unpaired) electrons. The van der Waals surface area contributed by atoms with E-state index in [1.165, 1.54) is 24.3 Å². The average molecular weight is 348 g/mol. The predicted molar refractivity (Wildman–Crippen MR) is 91.1 cm³/mol. The van der Waals surface area contributed by atoms with E-state index in [4.69, 9.17) is 0 Å². The van der Waals surface area contributed by atoms with Gasteiger partial charge >= 0.3 is 6.03 Å². The van der Waals surface area contributed by atoms with Crippen LogP contribution in [0.15, 0.2) is 24.3 Å². The molecule has 2 aliphatic rings. The van der Waals surface area contributed by atoms with Gasteiger partial charge in [-0.2, -0.15) is 0 Å². The van der Waals surface area contributed by atoms with Gasteiger partial charge in [-0.15, -0.1) is 0 Å². The Balaban J connectivity index is 1.78. The van der Waals surface area contributed by atoms with Crippen LogP contribution < -0.4 is 5.32 Å². The van der Waals surface area contributed by atoms with Crippen LogP contribution in [0.2, 0.25) is 0 Å². The summed E-state index contributed by atoms with van der Waals surface area (Å²) in [6.45, 7) is 6.19. The van der Waals surface area contributed by atoms with Crippen molar-refractivity contribution >= 4 is 11.9 Å². The van der Waals surface area contributed by atoms with Gasteiger partial charge in [0.2, 0.25) is 0 Å². The number of nitrogens with one attached hydrogen (secondary N) is 1. The van der Waals surface area contributed by atoms with Crippen molar-refractivity contribution in [2.24, 2.45) is 11.3 Å². The standard InChI is InChI=1S/C19H25FN2O3/c1-12-8-18(2,3)11-19(9-12)16(24)22(17(25)21-19)10-15(23)13-4-6-14(20)7-5-13/h4-7,12,15,23H,8-11H2,1-3H3,(H,21,25). The van der Waals surface area contributed by atoms with Crippen LogP contribution in [-0.4, -0.2) is 34.0 Å². The van der Waals surface area contributed by atoms with Crippen LogP contribution in [0.5, 0.6) is 0 Å². The van der Waals surface area contributed by atoms with Gasteiger partial charge in [-0.1, -0.05) is 32.9 Å². The second-order valence-corrected chi connectivity index (χ2v) is 8.35. The highest BCUT2D eigenvalue weighted by molar-refractivity contribution is 6.07. The minimum absolute atomic E-state index is 0.0355. The van der Waals surface area contributed by atoms with Gasteiger partial charge in [-0.3, -0.25) is 9.69 Å². The minimum atomic E-state index is -1.04. The molecule has 1 aliphatic heterocycles. The molecule has 1 aromatic rings. The summed E-state index contributed by atoms with van der Waals surface area (Å²) in [7, 11) is 0. The number of carbonyl (C=O) groups is 2. The summed E-state index contributed by atoms with van der Waals surface area (Å²) in [6.07, 6.45) is 1.18. The lowest BCUT2D eigenvalue weighted by molar-refractivity contribution is -0.135. The molecular formula is C19H25FN2O3. The lowest BCUT2D eigenvalue weighted by atomic mass is 9.64. The first-order chi connectivity index (χ1) is 11.6. The van der Waals surface area contributed by atoms with E-state index in [0.29, 0.717) is 24.3 Å². The van der Waals surface area contributed by atoms with Crippen molar-refractivity contribution in [2.75, 3.05) is 6.54 Å². The quantitative estimate of drug-likeness (QED) is 0.825. The summed E-state index contributed by atoms with van der Waals surface area (Å²) in [5.74, 6) is -0.337. The lowest BCUT2D eigenvalue weighted by Gasteiger charge is -2.43. The monoisotopic (exact) mass is 348 g/mol. The van der Waals surface area contributed by atoms with Gasteiger partial charge in [-0.05, 0) is 48.3 Å². The molecule has 1 spiro atoms. The largest absolute Gasteiger partial charge is 0.387 e. The summed E-state index contributed by atoms with van der Waals surface area (Å²) in [5, 5.41) is 13.2. The van der Waals surface area contributed by atoms with Crippen LogP contribution in [-0.2, 0) is 4.79 Å². The van der Waals surface area contributed by atoms with E-state index in [2.05, 4.69) is 26.1 Å². The lowest BCUT2D eigenvalue weighted by Crippen LogP contribution is -2.54. The zero-order valence-corrected chi connectivity index (χ0v) is 14.9. The van der Waals surface area contributed by atoms with Crippen LogP contribution in [0.25, 0.3) is 0 Å². The number of aliphatic hydroxyl groups excluding tert-OH is 1. The third kappa shape index (κ3) is 3.40. The number of halogens is 1. The number of urea groups is 1. The SMILES string of the molecule is CC1CC(C)(C)CC2(C1)NC(=O)N(CC(O)c1ccc(F)cc1)C2=O. The number of hydrogen-bond acceptors (Lipinski definition) is 3. The number of aliphatic hydroxyl groups is 1. The number of carbonyl (C=O) groups excluding carboxylic acids is 2. The molecule has 3 rings (SSSR count). The van der Waals surface area contributed by atoms with Crippen LogP contribution >= 0.6 is 0 Å². The van der Waals surface area contributed by atoms with Gasteiger partial charge in [0.1, 0.15) is 11.4 Å². The maximum Gasteiger partial charge on any atom is 0.325 e. The topological polar surface area (TPSA) is 69.6 Å². The minimum Gasteiger partial charge on any atom is -0.387 e. The van der Waals surface area contributed by atoms with Gasteiger partial charge in [0, 0.05) is 0 Å². The van der Waals surface area contributed by atoms with Crippen molar-refractivity contribution in [2.45, 2.75) is 51.7 Å². The molecule has 25 heavy (non-hydrogen) atoms. The van der Waals surface area contributed by atoms with Gasteiger partial charge in [-0.25, -0.2) is 9.18 Å². The van der Waals surface area contributed by atoms with Crippen molar-refractivity contribution in [3.8, 4) is 0 Å². The molecule has 3 unspecified atom stereocenters. The normalized spacial score (nSPS) is 29.8. The Kier molecular flexibility index (Phi) is 4.35. The number of rotatable bonds is 3. The van der Waals surface area contributed by atoms with E-state index >= 15 is 0 Å². The second-order valence-electron chi connectivity index (χ2n) is 8.35. The van der Waals surface area contributed by atoms with E-state index < -0.39 is 23.5 Å². The fourth-order valence-electron chi connectivity index (χ4n) is 4.64. The zero-order valence-electron chi connectivity index (χ0n) is 14.9. The molecule has 1 aliphatic carbocycles. The summed E-state index contributed by atoms with van der Waals surface area (Å²) >= 11 is 0. The maximum absolute atomic E-state index is 13.0. The highest BCUT2D eigenvalue weighted by Gasteiger charge is 2.56. The van der Waals surface area contributed by atoms with Crippen molar-refractivity contribution in [1.82, 2.24) is 10.2 Å². The fourth-order valence-corrected chi connectivity index (χ4v) is 4.64. The Morgan fingerprint density at radius 2 is 1.92 bits per heavy atom. The maximum atomic E-state index is 13.0. The van der Waals surface area contributed by atoms with Crippen molar-refractivity contribution < 1.29 is 19.1 Å². The number of hydrogen-bond donors (Lipinski definition) is 2. The summed E-state index contributed by atoms with van der Waals surface area (Å²) in [5.41, 5.74) is -0.437. The third-order valence-electron chi connectivity index (χ3n) is 5.23. The van der Waals surface area contributed by atoms with Gasteiger partial charge in [0.15, 0.2) is 0 Å². The molecule has 1 saturated heterocycles. The van der Waals surface area contributed by atoms with E-state index in [0.717, 1.165) is 11.3 Å². The van der Waals surface area contributed by atoms with Crippen LogP contribution in [0.1, 0.15) is 51.7 Å². The molecule has 1 heterocycles. The van der Waals surface area contributed by atoms with Gasteiger partial charge in [0.05, 0.1) is 12.6 Å². The van der Waals surface area contributed by atoms with Crippen molar-refractivity contribution in [1.29, 1.82) is 0 Å². The molecule has 2 fully saturated rings. The van der Waals surface area contributed by atoms with E-state index in [1.54, 1.807) is 0 Å². The first-order valence-electron chi connectivity index (χ1n) is 8.70. The van der Waals surface area contributed by atoms with Crippen LogP contribution in [0, 0.1) is 17.2 Å². The average Bonchev–Trinajstić information content (AvgIpc) is 2.69. The molecule has 0 bridgehead atoms. The summed E-state index contributed by atoms with van der Waals surface area (Å²) < 4.78 is 13.0. The molecule has 5 nitrogen and oxygen atoms in total. The molecule has 1 saturated carbocycles. The molecule has 0 aromatic heterocycles. The first kappa shape index (κ1) is 17.9.